The van der Waals surface area contributed by atoms with E-state index < -0.39 is 0 Å². The molecule has 3 heterocycles. The molecule has 2 amide bonds. The third-order valence-electron chi connectivity index (χ3n) is 5.88. The van der Waals surface area contributed by atoms with Crippen molar-refractivity contribution >= 4 is 29.1 Å². The second-order valence-electron chi connectivity index (χ2n) is 7.23. The first kappa shape index (κ1) is 16.7. The number of nitrogens with zero attached hydrogens (tertiary/aromatic N) is 2. The molecule has 1 aliphatic carbocycles. The zero-order chi connectivity index (χ0) is 16.4. The van der Waals surface area contributed by atoms with Gasteiger partial charge in [0.05, 0.1) is 0 Å². The molecule has 1 saturated carbocycles. The van der Waals surface area contributed by atoms with Gasteiger partial charge in [0.25, 0.3) is 0 Å². The zero-order valence-electron chi connectivity index (χ0n) is 14.3. The second kappa shape index (κ2) is 7.26. The van der Waals surface area contributed by atoms with E-state index >= 15 is 0 Å². The predicted octanol–water partition coefficient (Wildman–Crippen LogP) is 3.18. The van der Waals surface area contributed by atoms with E-state index in [1.54, 1.807) is 0 Å². The largest absolute Gasteiger partial charge is 0.336 e. The first-order valence-electron chi connectivity index (χ1n) is 9.18. The number of amides is 2. The normalized spacial score (nSPS) is 23.9. The summed E-state index contributed by atoms with van der Waals surface area (Å²) in [5, 5.41) is 5.44. The van der Waals surface area contributed by atoms with Crippen molar-refractivity contribution in [3.8, 4) is 0 Å². The summed E-state index contributed by atoms with van der Waals surface area (Å²) < 4.78 is 0. The molecule has 1 N–H and O–H groups in total. The summed E-state index contributed by atoms with van der Waals surface area (Å²) in [5.74, 6) is 2.48. The molecule has 0 bridgehead atoms. The highest BCUT2D eigenvalue weighted by Crippen LogP contribution is 2.36. The van der Waals surface area contributed by atoms with Crippen molar-refractivity contribution in [3.05, 3.63) is 21.9 Å². The van der Waals surface area contributed by atoms with E-state index in [2.05, 4.69) is 33.4 Å². The molecule has 4 nitrogen and oxygen atoms in total. The van der Waals surface area contributed by atoms with E-state index in [9.17, 15) is 4.79 Å². The van der Waals surface area contributed by atoms with Crippen molar-refractivity contribution in [2.45, 2.75) is 44.2 Å². The summed E-state index contributed by atoms with van der Waals surface area (Å²) in [6.45, 7) is 4.82. The molecule has 0 aromatic carbocycles. The van der Waals surface area contributed by atoms with Gasteiger partial charge in [0.1, 0.15) is 0 Å². The summed E-state index contributed by atoms with van der Waals surface area (Å²) in [7, 11) is 0. The Kier molecular flexibility index (Phi) is 5.06. The number of urea groups is 1. The van der Waals surface area contributed by atoms with Gasteiger partial charge in [-0.25, -0.2) is 4.79 Å². The third-order valence-corrected chi connectivity index (χ3v) is 7.85. The van der Waals surface area contributed by atoms with Gasteiger partial charge in [0.2, 0.25) is 0 Å². The van der Waals surface area contributed by atoms with Crippen LogP contribution < -0.4 is 5.32 Å². The first-order valence-corrected chi connectivity index (χ1v) is 11.2. The lowest BCUT2D eigenvalue weighted by molar-refractivity contribution is 0.101. The number of nitrogens with one attached hydrogen (secondary N) is 1. The lowest BCUT2D eigenvalue weighted by atomic mass is 9.94. The molecule has 1 aromatic heterocycles. The minimum Gasteiger partial charge on any atom is -0.336 e. The molecule has 4 rings (SSSR count). The van der Waals surface area contributed by atoms with E-state index in [-0.39, 0.29) is 11.6 Å². The number of carbonyl (C=O) groups excluding carboxylic acids is 1. The van der Waals surface area contributed by atoms with Gasteiger partial charge >= 0.3 is 6.03 Å². The Bertz CT molecular complexity index is 577. The molecule has 2 fully saturated rings. The predicted molar refractivity (Wildman–Crippen MR) is 102 cm³/mol. The van der Waals surface area contributed by atoms with Crippen LogP contribution in [0.15, 0.2) is 11.4 Å². The van der Waals surface area contributed by atoms with Crippen LogP contribution >= 0.6 is 23.1 Å². The number of hydrogen-bond donors (Lipinski definition) is 1. The first-order chi connectivity index (χ1) is 11.8. The van der Waals surface area contributed by atoms with Crippen LogP contribution in [-0.2, 0) is 13.0 Å². The minimum atomic E-state index is 0.129. The highest BCUT2D eigenvalue weighted by molar-refractivity contribution is 7.99. The quantitative estimate of drug-likeness (QED) is 0.894. The topological polar surface area (TPSA) is 35.6 Å². The molecular formula is C18H27N3OS2. The van der Waals surface area contributed by atoms with E-state index in [0.717, 1.165) is 26.1 Å². The molecule has 6 heteroatoms. The Hall–Kier alpha value is -0.720. The molecule has 1 saturated heterocycles. The third kappa shape index (κ3) is 3.33. The fourth-order valence-electron chi connectivity index (χ4n) is 4.45. The van der Waals surface area contributed by atoms with Crippen LogP contribution in [0.3, 0.4) is 0 Å². The summed E-state index contributed by atoms with van der Waals surface area (Å²) in [4.78, 5) is 18.8. The maximum atomic E-state index is 12.7. The van der Waals surface area contributed by atoms with Gasteiger partial charge in [-0.15, -0.1) is 11.3 Å². The molecule has 24 heavy (non-hydrogen) atoms. The lowest BCUT2D eigenvalue weighted by Crippen LogP contribution is -2.57. The Morgan fingerprint density at radius 2 is 2.00 bits per heavy atom. The number of rotatable bonds is 3. The maximum Gasteiger partial charge on any atom is 0.317 e. The SMILES string of the molecule is O=C(NCC1(N2CCSCC2)CCCC1)N1CCc2sccc2C1. The molecule has 0 spiro atoms. The second-order valence-corrected chi connectivity index (χ2v) is 9.46. The smallest absolute Gasteiger partial charge is 0.317 e. The number of fused-ring (bicyclic) bond motifs is 1. The number of carbonyl (C=O) groups is 1. The van der Waals surface area contributed by atoms with Crippen LogP contribution in [0.25, 0.3) is 0 Å². The van der Waals surface area contributed by atoms with Crippen LogP contribution in [0.4, 0.5) is 4.79 Å². The van der Waals surface area contributed by atoms with Crippen LogP contribution in [-0.4, -0.2) is 59.1 Å². The Labute approximate surface area is 153 Å². The van der Waals surface area contributed by atoms with Gasteiger partial charge in [-0.1, -0.05) is 12.8 Å². The Morgan fingerprint density at radius 3 is 2.79 bits per heavy atom. The average molecular weight is 366 g/mol. The molecule has 1 aromatic rings. The van der Waals surface area contributed by atoms with Crippen LogP contribution in [0.1, 0.15) is 36.1 Å². The highest BCUT2D eigenvalue weighted by Gasteiger charge is 2.40. The van der Waals surface area contributed by atoms with Gasteiger partial charge in [-0.2, -0.15) is 11.8 Å². The van der Waals surface area contributed by atoms with Gasteiger partial charge < -0.3 is 10.2 Å². The van der Waals surface area contributed by atoms with Crippen molar-refractivity contribution in [2.75, 3.05) is 37.7 Å². The minimum absolute atomic E-state index is 0.129. The molecule has 132 valence electrons. The van der Waals surface area contributed by atoms with E-state index in [0.29, 0.717) is 0 Å². The fraction of sp³-hybridized carbons (Fsp3) is 0.722. The van der Waals surface area contributed by atoms with Gasteiger partial charge in [0.15, 0.2) is 0 Å². The zero-order valence-corrected chi connectivity index (χ0v) is 15.9. The van der Waals surface area contributed by atoms with Crippen molar-refractivity contribution in [2.24, 2.45) is 0 Å². The molecule has 3 aliphatic rings. The molecule has 0 atom stereocenters. The Morgan fingerprint density at radius 1 is 1.21 bits per heavy atom. The van der Waals surface area contributed by atoms with E-state index in [1.807, 2.05) is 16.2 Å². The average Bonchev–Trinajstić information content (AvgIpc) is 3.30. The summed E-state index contributed by atoms with van der Waals surface area (Å²) in [6, 6.07) is 2.30. The molecule has 0 radical (unpaired) electrons. The monoisotopic (exact) mass is 365 g/mol. The Balaban J connectivity index is 1.37. The molecule has 0 unspecified atom stereocenters. The number of hydrogen-bond acceptors (Lipinski definition) is 4. The summed E-state index contributed by atoms with van der Waals surface area (Å²) in [5.41, 5.74) is 1.56. The standard InChI is InChI=1S/C18H27N3OS2/c22-17(20-7-3-16-15(13-20)4-10-24-16)19-14-18(5-1-2-6-18)21-8-11-23-12-9-21/h4,10H,1-3,5-9,11-14H2,(H,19,22). The van der Waals surface area contributed by atoms with Crippen LogP contribution in [0.2, 0.25) is 0 Å². The van der Waals surface area contributed by atoms with Gasteiger partial charge in [-0.05, 0) is 36.3 Å². The van der Waals surface area contributed by atoms with E-state index in [1.165, 1.54) is 60.7 Å². The summed E-state index contributed by atoms with van der Waals surface area (Å²) in [6.07, 6.45) is 6.11. The molecular weight excluding hydrogens is 338 g/mol. The van der Waals surface area contributed by atoms with Gasteiger partial charge in [0, 0.05) is 54.6 Å². The highest BCUT2D eigenvalue weighted by atomic mass is 32.2. The lowest BCUT2D eigenvalue weighted by Gasteiger charge is -2.44. The van der Waals surface area contributed by atoms with Crippen LogP contribution in [0.5, 0.6) is 0 Å². The maximum absolute atomic E-state index is 12.7. The molecule has 2 aliphatic heterocycles. The fourth-order valence-corrected chi connectivity index (χ4v) is 6.24. The number of thioether (sulfide) groups is 1. The van der Waals surface area contributed by atoms with Gasteiger partial charge in [-0.3, -0.25) is 4.90 Å². The van der Waals surface area contributed by atoms with Crippen molar-refractivity contribution < 1.29 is 4.79 Å². The van der Waals surface area contributed by atoms with Crippen molar-refractivity contribution in [1.82, 2.24) is 15.1 Å². The van der Waals surface area contributed by atoms with Crippen molar-refractivity contribution in [3.63, 3.8) is 0 Å². The summed E-state index contributed by atoms with van der Waals surface area (Å²) >= 11 is 3.89. The van der Waals surface area contributed by atoms with E-state index in [4.69, 9.17) is 0 Å². The van der Waals surface area contributed by atoms with Crippen molar-refractivity contribution in [1.29, 1.82) is 0 Å². The number of thiophene rings is 1. The van der Waals surface area contributed by atoms with Crippen LogP contribution in [0, 0.1) is 0 Å².